The Morgan fingerprint density at radius 3 is 1.77 bits per heavy atom. The summed E-state index contributed by atoms with van der Waals surface area (Å²) in [6.07, 6.45) is 2.88. The van der Waals surface area contributed by atoms with Gasteiger partial charge in [0.2, 0.25) is 0 Å². The van der Waals surface area contributed by atoms with Crippen LogP contribution in [0.2, 0.25) is 0 Å². The molecule has 5 nitrogen and oxygen atoms in total. The fourth-order valence-electron chi connectivity index (χ4n) is 0.632. The van der Waals surface area contributed by atoms with E-state index in [0.717, 1.165) is 11.4 Å². The number of hydrogen-bond acceptors (Lipinski definition) is 5. The summed E-state index contributed by atoms with van der Waals surface area (Å²) < 4.78 is 4.22. The summed E-state index contributed by atoms with van der Waals surface area (Å²) in [5.41, 5.74) is 12.2. The molecule has 5 heteroatoms. The molecule has 13 heavy (non-hydrogen) atoms. The molecule has 0 aliphatic carbocycles. The lowest BCUT2D eigenvalue weighted by Gasteiger charge is -1.90. The lowest BCUT2D eigenvalue weighted by atomic mass is 10.3. The second kappa shape index (κ2) is 4.76. The number of nitrogens with zero attached hydrogens (tertiary/aromatic N) is 2. The average Bonchev–Trinajstić information content (AvgIpc) is 2.68. The highest BCUT2D eigenvalue weighted by atomic mass is 16.5. The van der Waals surface area contributed by atoms with Crippen molar-refractivity contribution >= 4 is 11.4 Å². The zero-order chi connectivity index (χ0) is 9.52. The molecule has 0 saturated heterocycles. The molecule has 0 amide bonds. The standard InChI is InChI=1S/C6H8N2.C2H2N2O/c7-5-1-2-6(8)4-3-5;1-2-5-4-3-1/h1-4H,7-8H2;1-2H. The van der Waals surface area contributed by atoms with Gasteiger partial charge in [0.25, 0.3) is 0 Å². The van der Waals surface area contributed by atoms with Crippen molar-refractivity contribution in [1.29, 1.82) is 0 Å². The van der Waals surface area contributed by atoms with E-state index in [1.807, 2.05) is 0 Å². The summed E-state index contributed by atoms with van der Waals surface area (Å²) >= 11 is 0. The molecular formula is C8H10N4O. The monoisotopic (exact) mass is 178 g/mol. The van der Waals surface area contributed by atoms with Gasteiger partial charge in [0.1, 0.15) is 6.26 Å². The zero-order valence-corrected chi connectivity index (χ0v) is 6.92. The molecule has 4 N–H and O–H groups in total. The molecule has 0 aliphatic heterocycles. The Morgan fingerprint density at radius 1 is 1.00 bits per heavy atom. The van der Waals surface area contributed by atoms with E-state index in [0.29, 0.717) is 0 Å². The molecule has 0 unspecified atom stereocenters. The van der Waals surface area contributed by atoms with Crippen LogP contribution in [0.1, 0.15) is 0 Å². The molecular weight excluding hydrogens is 168 g/mol. The molecule has 0 fully saturated rings. The van der Waals surface area contributed by atoms with E-state index in [1.54, 1.807) is 24.3 Å². The Morgan fingerprint density at radius 2 is 1.54 bits per heavy atom. The van der Waals surface area contributed by atoms with Gasteiger partial charge in [-0.15, -0.1) is 5.10 Å². The molecule has 0 saturated carbocycles. The highest BCUT2D eigenvalue weighted by Crippen LogP contribution is 2.04. The maximum atomic E-state index is 5.37. The van der Waals surface area contributed by atoms with Gasteiger partial charge in [0.15, 0.2) is 0 Å². The summed E-state index contributed by atoms with van der Waals surface area (Å²) in [6, 6.07) is 7.09. The van der Waals surface area contributed by atoms with E-state index < -0.39 is 0 Å². The minimum atomic E-state index is 0.749. The van der Waals surface area contributed by atoms with Gasteiger partial charge in [0.05, 0.1) is 6.20 Å². The minimum absolute atomic E-state index is 0.749. The molecule has 0 aliphatic rings. The first kappa shape index (κ1) is 9.05. The van der Waals surface area contributed by atoms with E-state index >= 15 is 0 Å². The Labute approximate surface area is 75.3 Å². The molecule has 68 valence electrons. The highest BCUT2D eigenvalue weighted by Gasteiger charge is 1.80. The molecule has 2 aromatic rings. The fraction of sp³-hybridized carbons (Fsp3) is 0. The van der Waals surface area contributed by atoms with Gasteiger partial charge < -0.3 is 16.0 Å². The Hall–Kier alpha value is -2.04. The summed E-state index contributed by atoms with van der Waals surface area (Å²) in [5.74, 6) is 0. The topological polar surface area (TPSA) is 91.0 Å². The van der Waals surface area contributed by atoms with Crippen LogP contribution >= 0.6 is 0 Å². The van der Waals surface area contributed by atoms with Crippen LogP contribution in [-0.4, -0.2) is 10.4 Å². The number of aromatic nitrogens is 2. The second-order valence-electron chi connectivity index (χ2n) is 2.25. The van der Waals surface area contributed by atoms with Crippen molar-refractivity contribution in [3.63, 3.8) is 0 Å². The van der Waals surface area contributed by atoms with Gasteiger partial charge in [-0.25, -0.2) is 0 Å². The van der Waals surface area contributed by atoms with Crippen molar-refractivity contribution in [1.82, 2.24) is 10.4 Å². The number of nitrogen functional groups attached to an aromatic ring is 2. The normalized spacial score (nSPS) is 8.62. The molecule has 0 spiro atoms. The fourth-order valence-corrected chi connectivity index (χ4v) is 0.632. The van der Waals surface area contributed by atoms with Crippen LogP contribution in [0.25, 0.3) is 0 Å². The van der Waals surface area contributed by atoms with Gasteiger partial charge in [-0.05, 0) is 24.3 Å². The van der Waals surface area contributed by atoms with E-state index in [4.69, 9.17) is 11.5 Å². The van der Waals surface area contributed by atoms with Crippen molar-refractivity contribution in [2.24, 2.45) is 0 Å². The van der Waals surface area contributed by atoms with Crippen molar-refractivity contribution < 1.29 is 4.52 Å². The number of nitrogens with two attached hydrogens (primary N) is 2. The van der Waals surface area contributed by atoms with Crippen LogP contribution in [0.15, 0.2) is 41.2 Å². The van der Waals surface area contributed by atoms with Gasteiger partial charge >= 0.3 is 0 Å². The molecule has 1 aromatic heterocycles. The number of hydrogen-bond donors (Lipinski definition) is 2. The maximum absolute atomic E-state index is 5.37. The summed E-state index contributed by atoms with van der Waals surface area (Å²) in [4.78, 5) is 0. The molecule has 2 rings (SSSR count). The predicted molar refractivity (Wildman–Crippen MR) is 49.6 cm³/mol. The van der Waals surface area contributed by atoms with Crippen molar-refractivity contribution in [3.8, 4) is 0 Å². The van der Waals surface area contributed by atoms with Gasteiger partial charge in [-0.1, -0.05) is 0 Å². The summed E-state index contributed by atoms with van der Waals surface area (Å²) in [7, 11) is 0. The van der Waals surface area contributed by atoms with Crippen molar-refractivity contribution in [2.75, 3.05) is 11.5 Å². The predicted octanol–water partition coefficient (Wildman–Crippen LogP) is 0.921. The molecule has 1 heterocycles. The number of anilines is 2. The Balaban J connectivity index is 0.000000145. The van der Waals surface area contributed by atoms with Crippen LogP contribution in [0.4, 0.5) is 11.4 Å². The third-order valence-corrected chi connectivity index (χ3v) is 1.22. The first-order chi connectivity index (χ1) is 6.29. The van der Waals surface area contributed by atoms with Gasteiger partial charge in [0, 0.05) is 16.6 Å². The summed E-state index contributed by atoms with van der Waals surface area (Å²) in [6.45, 7) is 0. The quantitative estimate of drug-likeness (QED) is 0.585. The number of rotatable bonds is 0. The van der Waals surface area contributed by atoms with Crippen LogP contribution < -0.4 is 11.5 Å². The van der Waals surface area contributed by atoms with Crippen LogP contribution in [-0.2, 0) is 0 Å². The van der Waals surface area contributed by atoms with E-state index in [2.05, 4.69) is 14.9 Å². The van der Waals surface area contributed by atoms with Crippen LogP contribution in [0, 0.1) is 0 Å². The average molecular weight is 178 g/mol. The van der Waals surface area contributed by atoms with Crippen LogP contribution in [0.5, 0.6) is 0 Å². The molecule has 0 atom stereocenters. The lowest BCUT2D eigenvalue weighted by molar-refractivity contribution is 0.393. The van der Waals surface area contributed by atoms with Crippen LogP contribution in [0.3, 0.4) is 0 Å². The smallest absolute Gasteiger partial charge is 0.144 e. The second-order valence-corrected chi connectivity index (χ2v) is 2.25. The Kier molecular flexibility index (Phi) is 3.31. The third-order valence-electron chi connectivity index (χ3n) is 1.22. The lowest BCUT2D eigenvalue weighted by Crippen LogP contribution is -1.86. The Bertz CT molecular complexity index is 278. The largest absolute Gasteiger partial charge is 0.399 e. The highest BCUT2D eigenvalue weighted by molar-refractivity contribution is 5.47. The zero-order valence-electron chi connectivity index (χ0n) is 6.92. The van der Waals surface area contributed by atoms with E-state index in [-0.39, 0.29) is 0 Å². The van der Waals surface area contributed by atoms with Gasteiger partial charge in [-0.3, -0.25) is 0 Å². The SMILES string of the molecule is Nc1ccc(N)cc1.c1conn1. The van der Waals surface area contributed by atoms with Crippen molar-refractivity contribution in [2.45, 2.75) is 0 Å². The first-order valence-electron chi connectivity index (χ1n) is 3.61. The maximum Gasteiger partial charge on any atom is 0.144 e. The molecule has 0 bridgehead atoms. The molecule has 1 aromatic carbocycles. The number of benzene rings is 1. The summed E-state index contributed by atoms with van der Waals surface area (Å²) in [5, 5.41) is 6.40. The van der Waals surface area contributed by atoms with Crippen molar-refractivity contribution in [3.05, 3.63) is 36.7 Å². The van der Waals surface area contributed by atoms with E-state index in [9.17, 15) is 0 Å². The minimum Gasteiger partial charge on any atom is -0.399 e. The van der Waals surface area contributed by atoms with E-state index in [1.165, 1.54) is 12.5 Å². The first-order valence-corrected chi connectivity index (χ1v) is 3.61. The van der Waals surface area contributed by atoms with Gasteiger partial charge in [-0.2, -0.15) is 0 Å². The molecule has 0 radical (unpaired) electrons. The third kappa shape index (κ3) is 3.76.